The topological polar surface area (TPSA) is 104 Å². The number of likely N-dealkylation sites (tertiary alicyclic amines) is 1. The average molecular weight is 389 g/mol. The minimum atomic E-state index is -0.710. The van der Waals surface area contributed by atoms with Gasteiger partial charge in [0.1, 0.15) is 11.2 Å². The van der Waals surface area contributed by atoms with Gasteiger partial charge >= 0.3 is 6.03 Å². The second-order valence-electron chi connectivity index (χ2n) is 7.41. The van der Waals surface area contributed by atoms with E-state index in [9.17, 15) is 14.4 Å². The molecule has 5 atom stereocenters. The summed E-state index contributed by atoms with van der Waals surface area (Å²) in [6, 6.07) is -0.502. The lowest BCUT2D eigenvalue weighted by Gasteiger charge is -2.38. The van der Waals surface area contributed by atoms with Crippen molar-refractivity contribution >= 4 is 34.3 Å². The van der Waals surface area contributed by atoms with Gasteiger partial charge in [0.2, 0.25) is 16.9 Å². The predicted octanol–water partition coefficient (Wildman–Crippen LogP) is 2.16. The van der Waals surface area contributed by atoms with E-state index >= 15 is 0 Å². The number of aryl methyl sites for hydroxylation is 1. The molecule has 4 amide bonds. The third kappa shape index (κ3) is 3.13. The van der Waals surface area contributed by atoms with Crippen molar-refractivity contribution in [1.82, 2.24) is 20.4 Å². The number of rotatable bonds is 5. The van der Waals surface area contributed by atoms with E-state index in [-0.39, 0.29) is 35.5 Å². The third-order valence-electron chi connectivity index (χ3n) is 5.67. The zero-order chi connectivity index (χ0) is 19.1. The lowest BCUT2D eigenvalue weighted by molar-refractivity contribution is -0.142. The van der Waals surface area contributed by atoms with Crippen molar-refractivity contribution in [3.63, 3.8) is 0 Å². The first-order valence-corrected chi connectivity index (χ1v) is 10.3. The molecule has 5 rings (SSSR count). The predicted molar refractivity (Wildman–Crippen MR) is 99.7 cm³/mol. The van der Waals surface area contributed by atoms with Gasteiger partial charge in [-0.2, -0.15) is 0 Å². The summed E-state index contributed by atoms with van der Waals surface area (Å²) in [4.78, 5) is 39.3. The molecule has 1 saturated carbocycles. The van der Waals surface area contributed by atoms with Crippen LogP contribution in [0.25, 0.3) is 0 Å². The lowest BCUT2D eigenvalue weighted by Crippen LogP contribution is -2.50. The SMILES string of the molecule is CCCc1nnc(NC(=O)N[C@@H](C)N2C(=O)[C@@H]3[C@H](C2=O)[C@H]2C=C[C@H]3CC2)s1. The fourth-order valence-electron chi connectivity index (χ4n) is 4.49. The number of fused-ring (bicyclic) bond motifs is 1. The summed E-state index contributed by atoms with van der Waals surface area (Å²) < 4.78 is 0. The highest BCUT2D eigenvalue weighted by Gasteiger charge is 2.57. The van der Waals surface area contributed by atoms with Crippen LogP contribution in [0.1, 0.15) is 38.1 Å². The van der Waals surface area contributed by atoms with Crippen molar-refractivity contribution in [3.8, 4) is 0 Å². The highest BCUT2D eigenvalue weighted by molar-refractivity contribution is 7.15. The molecule has 1 aromatic rings. The van der Waals surface area contributed by atoms with E-state index in [4.69, 9.17) is 0 Å². The Morgan fingerprint density at radius 1 is 1.22 bits per heavy atom. The molecule has 2 bridgehead atoms. The van der Waals surface area contributed by atoms with E-state index in [0.717, 1.165) is 30.7 Å². The van der Waals surface area contributed by atoms with Crippen molar-refractivity contribution in [2.24, 2.45) is 23.7 Å². The quantitative estimate of drug-likeness (QED) is 0.593. The minimum absolute atomic E-state index is 0.140. The number of nitrogens with one attached hydrogen (secondary N) is 2. The Hall–Kier alpha value is -2.29. The Kier molecular flexibility index (Phi) is 4.71. The second-order valence-corrected chi connectivity index (χ2v) is 8.48. The number of nitrogens with zero attached hydrogens (tertiary/aromatic N) is 3. The van der Waals surface area contributed by atoms with Gasteiger partial charge in [-0.3, -0.25) is 19.8 Å². The molecule has 4 aliphatic rings. The number of hydrogen-bond donors (Lipinski definition) is 2. The van der Waals surface area contributed by atoms with Crippen LogP contribution in [0.3, 0.4) is 0 Å². The summed E-state index contributed by atoms with van der Waals surface area (Å²) in [6.45, 7) is 3.71. The molecule has 2 heterocycles. The Balaban J connectivity index is 1.40. The van der Waals surface area contributed by atoms with Crippen LogP contribution < -0.4 is 10.6 Å². The summed E-state index contributed by atoms with van der Waals surface area (Å²) in [5, 5.41) is 14.5. The van der Waals surface area contributed by atoms with Gasteiger partial charge in [0, 0.05) is 6.42 Å². The van der Waals surface area contributed by atoms with Crippen LogP contribution in [-0.4, -0.2) is 39.1 Å². The Morgan fingerprint density at radius 3 is 2.41 bits per heavy atom. The fourth-order valence-corrected chi connectivity index (χ4v) is 5.32. The largest absolute Gasteiger partial charge is 0.322 e. The van der Waals surface area contributed by atoms with Crippen LogP contribution >= 0.6 is 11.3 Å². The van der Waals surface area contributed by atoms with E-state index in [1.165, 1.54) is 16.2 Å². The zero-order valence-corrected chi connectivity index (χ0v) is 16.2. The third-order valence-corrected chi connectivity index (χ3v) is 6.57. The summed E-state index contributed by atoms with van der Waals surface area (Å²) in [5.41, 5.74) is 0. The molecule has 8 nitrogen and oxygen atoms in total. The number of imide groups is 1. The molecule has 0 unspecified atom stereocenters. The number of carbonyl (C=O) groups is 3. The first-order valence-electron chi connectivity index (χ1n) is 9.44. The van der Waals surface area contributed by atoms with Crippen molar-refractivity contribution in [1.29, 1.82) is 0 Å². The maximum atomic E-state index is 12.9. The van der Waals surface area contributed by atoms with Crippen LogP contribution in [0.5, 0.6) is 0 Å². The molecular formula is C18H23N5O3S. The normalized spacial score (nSPS) is 29.8. The van der Waals surface area contributed by atoms with Crippen molar-refractivity contribution in [2.75, 3.05) is 5.32 Å². The Bertz CT molecular complexity index is 775. The summed E-state index contributed by atoms with van der Waals surface area (Å²) in [6.07, 6.45) is 7.13. The van der Waals surface area contributed by atoms with Crippen molar-refractivity contribution in [3.05, 3.63) is 17.2 Å². The van der Waals surface area contributed by atoms with E-state index in [1.807, 2.05) is 6.92 Å². The lowest BCUT2D eigenvalue weighted by atomic mass is 9.63. The number of hydrogen-bond acceptors (Lipinski definition) is 6. The van der Waals surface area contributed by atoms with E-state index in [1.54, 1.807) is 6.92 Å². The minimum Gasteiger partial charge on any atom is -0.317 e. The molecule has 9 heteroatoms. The monoisotopic (exact) mass is 389 g/mol. The molecule has 0 aromatic carbocycles. The number of aromatic nitrogens is 2. The Labute approximate surface area is 161 Å². The van der Waals surface area contributed by atoms with Crippen LogP contribution in [0, 0.1) is 23.7 Å². The molecule has 2 fully saturated rings. The Morgan fingerprint density at radius 2 is 1.85 bits per heavy atom. The molecule has 2 N–H and O–H groups in total. The number of allylic oxidation sites excluding steroid dienone is 2. The number of amides is 4. The fraction of sp³-hybridized carbons (Fsp3) is 0.611. The van der Waals surface area contributed by atoms with Gasteiger partial charge in [-0.1, -0.05) is 30.4 Å². The number of anilines is 1. The molecule has 0 radical (unpaired) electrons. The molecule has 27 heavy (non-hydrogen) atoms. The second kappa shape index (κ2) is 7.03. The van der Waals surface area contributed by atoms with Gasteiger partial charge in [0.25, 0.3) is 0 Å². The summed E-state index contributed by atoms with van der Waals surface area (Å²) in [5.74, 6) is -0.598. The van der Waals surface area contributed by atoms with Crippen LogP contribution in [-0.2, 0) is 16.0 Å². The van der Waals surface area contributed by atoms with Crippen molar-refractivity contribution < 1.29 is 14.4 Å². The van der Waals surface area contributed by atoms with E-state index in [2.05, 4.69) is 33.0 Å². The zero-order valence-electron chi connectivity index (χ0n) is 15.3. The molecule has 144 valence electrons. The first kappa shape index (κ1) is 18.1. The van der Waals surface area contributed by atoms with E-state index < -0.39 is 12.2 Å². The summed E-state index contributed by atoms with van der Waals surface area (Å²) in [7, 11) is 0. The number of urea groups is 1. The van der Waals surface area contributed by atoms with Gasteiger partial charge in [0.05, 0.1) is 11.8 Å². The maximum absolute atomic E-state index is 12.9. The molecular weight excluding hydrogens is 366 g/mol. The molecule has 0 spiro atoms. The first-order chi connectivity index (χ1) is 13.0. The van der Waals surface area contributed by atoms with Crippen LogP contribution in [0.15, 0.2) is 12.2 Å². The standard InChI is InChI=1S/C18H23N5O3S/c1-3-4-12-21-22-18(27-12)20-17(26)19-9(2)23-15(24)13-10-5-6-11(8-7-10)14(13)16(23)25/h5-6,9-11,13-14H,3-4,7-8H2,1-2H3,(H2,19,20,22,26)/t9-,10+,11+,13-,14+/m1/s1. The van der Waals surface area contributed by atoms with Crippen LogP contribution in [0.2, 0.25) is 0 Å². The molecule has 1 aliphatic heterocycles. The van der Waals surface area contributed by atoms with Crippen LogP contribution in [0.4, 0.5) is 9.93 Å². The van der Waals surface area contributed by atoms with Gasteiger partial charge in [-0.05, 0) is 38.0 Å². The highest BCUT2D eigenvalue weighted by Crippen LogP contribution is 2.49. The number of carbonyl (C=O) groups excluding carboxylic acids is 3. The van der Waals surface area contributed by atoms with Crippen molar-refractivity contribution in [2.45, 2.75) is 45.7 Å². The molecule has 1 saturated heterocycles. The maximum Gasteiger partial charge on any atom is 0.322 e. The average Bonchev–Trinajstić information content (AvgIpc) is 3.19. The molecule has 3 aliphatic carbocycles. The van der Waals surface area contributed by atoms with E-state index in [0.29, 0.717) is 5.13 Å². The van der Waals surface area contributed by atoms with Gasteiger partial charge < -0.3 is 5.32 Å². The van der Waals surface area contributed by atoms with Gasteiger partial charge in [-0.15, -0.1) is 10.2 Å². The smallest absolute Gasteiger partial charge is 0.317 e. The van der Waals surface area contributed by atoms with Gasteiger partial charge in [0.15, 0.2) is 0 Å². The highest BCUT2D eigenvalue weighted by atomic mass is 32.1. The summed E-state index contributed by atoms with van der Waals surface area (Å²) >= 11 is 1.32. The molecule has 1 aromatic heterocycles. The van der Waals surface area contributed by atoms with Gasteiger partial charge in [-0.25, -0.2) is 4.79 Å².